The molecule has 0 saturated carbocycles. The first-order valence-electron chi connectivity index (χ1n) is 5.77. The number of hydrogen-bond acceptors (Lipinski definition) is 2. The van der Waals surface area contributed by atoms with Crippen molar-refractivity contribution < 1.29 is 14.7 Å². The minimum Gasteiger partial charge on any atom is -0.478 e. The van der Waals surface area contributed by atoms with Crippen LogP contribution < -0.4 is 5.32 Å². The number of anilines is 1. The smallest absolute Gasteiger partial charge is 0.337 e. The first-order chi connectivity index (χ1) is 8.73. The molecule has 0 heterocycles. The molecule has 0 aliphatic heterocycles. The predicted molar refractivity (Wildman–Crippen MR) is 76.1 cm³/mol. The third-order valence-corrected chi connectivity index (χ3v) is 3.46. The number of hydrogen-bond donors (Lipinski definition) is 2. The Balaban J connectivity index is 3.14. The fourth-order valence-corrected chi connectivity index (χ4v) is 1.95. The van der Waals surface area contributed by atoms with E-state index in [4.69, 9.17) is 28.3 Å². The summed E-state index contributed by atoms with van der Waals surface area (Å²) in [6, 6.07) is 2.65. The number of carbonyl (C=O) groups excluding carboxylic acids is 1. The van der Waals surface area contributed by atoms with Gasteiger partial charge in [0.2, 0.25) is 5.91 Å². The molecule has 1 unspecified atom stereocenters. The Kier molecular flexibility index (Phi) is 5.20. The molecule has 1 rings (SSSR count). The number of carboxylic acid groups (broad SMARTS) is 1. The summed E-state index contributed by atoms with van der Waals surface area (Å²) in [5, 5.41) is 12.0. The third kappa shape index (κ3) is 3.85. The highest BCUT2D eigenvalue weighted by atomic mass is 35.5. The zero-order valence-electron chi connectivity index (χ0n) is 10.8. The predicted octanol–water partition coefficient (Wildman–Crippen LogP) is 3.92. The lowest BCUT2D eigenvalue weighted by Gasteiger charge is -2.17. The van der Waals surface area contributed by atoms with Crippen LogP contribution >= 0.6 is 23.2 Å². The van der Waals surface area contributed by atoms with Gasteiger partial charge in [0.25, 0.3) is 0 Å². The van der Waals surface area contributed by atoms with Crippen molar-refractivity contribution in [1.82, 2.24) is 0 Å². The highest BCUT2D eigenvalue weighted by Gasteiger charge is 2.21. The molecule has 0 aromatic heterocycles. The van der Waals surface area contributed by atoms with Gasteiger partial charge in [0.15, 0.2) is 0 Å². The molecule has 0 saturated heterocycles. The van der Waals surface area contributed by atoms with Crippen molar-refractivity contribution in [2.24, 2.45) is 11.8 Å². The van der Waals surface area contributed by atoms with E-state index in [1.54, 1.807) is 6.92 Å². The SMILES string of the molecule is CC(C)C(C)C(=O)Nc1c(Cl)cc(Cl)cc1C(=O)O. The van der Waals surface area contributed by atoms with Gasteiger partial charge in [-0.3, -0.25) is 4.79 Å². The number of nitrogens with one attached hydrogen (secondary N) is 1. The van der Waals surface area contributed by atoms with Gasteiger partial charge in [-0.25, -0.2) is 4.79 Å². The van der Waals surface area contributed by atoms with Gasteiger partial charge in [-0.1, -0.05) is 44.0 Å². The van der Waals surface area contributed by atoms with Crippen molar-refractivity contribution in [2.45, 2.75) is 20.8 Å². The second-order valence-corrected chi connectivity index (χ2v) is 5.48. The van der Waals surface area contributed by atoms with E-state index < -0.39 is 5.97 Å². The Morgan fingerprint density at radius 1 is 1.21 bits per heavy atom. The van der Waals surface area contributed by atoms with Crippen LogP contribution in [-0.4, -0.2) is 17.0 Å². The van der Waals surface area contributed by atoms with Gasteiger partial charge in [0, 0.05) is 10.9 Å². The van der Waals surface area contributed by atoms with Gasteiger partial charge in [0.1, 0.15) is 0 Å². The van der Waals surface area contributed by atoms with Crippen LogP contribution in [0.25, 0.3) is 0 Å². The summed E-state index contributed by atoms with van der Waals surface area (Å²) in [5.74, 6) is -1.59. The molecule has 1 aromatic carbocycles. The summed E-state index contributed by atoms with van der Waals surface area (Å²) in [4.78, 5) is 23.1. The quantitative estimate of drug-likeness (QED) is 0.886. The van der Waals surface area contributed by atoms with Crippen molar-refractivity contribution >= 4 is 40.8 Å². The van der Waals surface area contributed by atoms with Crippen molar-refractivity contribution in [1.29, 1.82) is 0 Å². The number of aromatic carboxylic acids is 1. The molecule has 0 bridgehead atoms. The van der Waals surface area contributed by atoms with Gasteiger partial charge in [-0.15, -0.1) is 0 Å². The highest BCUT2D eigenvalue weighted by Crippen LogP contribution is 2.31. The summed E-state index contributed by atoms with van der Waals surface area (Å²) in [7, 11) is 0. The number of benzene rings is 1. The highest BCUT2D eigenvalue weighted by molar-refractivity contribution is 6.37. The molecular weight excluding hydrogens is 289 g/mol. The standard InChI is InChI=1S/C13H15Cl2NO3/c1-6(2)7(3)12(17)16-11-9(13(18)19)4-8(14)5-10(11)15/h4-7H,1-3H3,(H,16,17)(H,18,19). The molecule has 104 valence electrons. The van der Waals surface area contributed by atoms with E-state index in [1.807, 2.05) is 13.8 Å². The fourth-order valence-electron chi connectivity index (χ4n) is 1.41. The van der Waals surface area contributed by atoms with Gasteiger partial charge in [0.05, 0.1) is 16.3 Å². The van der Waals surface area contributed by atoms with Crippen molar-refractivity contribution in [3.8, 4) is 0 Å². The molecule has 4 nitrogen and oxygen atoms in total. The van der Waals surface area contributed by atoms with Crippen LogP contribution in [0.4, 0.5) is 5.69 Å². The second kappa shape index (κ2) is 6.26. The largest absolute Gasteiger partial charge is 0.478 e. The molecule has 0 aliphatic carbocycles. The molecule has 19 heavy (non-hydrogen) atoms. The Labute approximate surface area is 121 Å². The Bertz CT molecular complexity index is 515. The molecule has 1 atom stereocenters. The van der Waals surface area contributed by atoms with Gasteiger partial charge >= 0.3 is 5.97 Å². The minimum atomic E-state index is -1.20. The maximum absolute atomic E-state index is 12.0. The summed E-state index contributed by atoms with van der Waals surface area (Å²) < 4.78 is 0. The van der Waals surface area contributed by atoms with Crippen molar-refractivity contribution in [2.75, 3.05) is 5.32 Å². The number of rotatable bonds is 4. The van der Waals surface area contributed by atoms with E-state index in [9.17, 15) is 9.59 Å². The molecule has 1 amide bonds. The monoisotopic (exact) mass is 303 g/mol. The molecular formula is C13H15Cl2NO3. The number of halogens is 2. The number of carboxylic acids is 1. The van der Waals surface area contributed by atoms with Crippen LogP contribution in [0.2, 0.25) is 10.0 Å². The average molecular weight is 304 g/mol. The van der Waals surface area contributed by atoms with E-state index >= 15 is 0 Å². The average Bonchev–Trinajstić information content (AvgIpc) is 2.30. The number of carbonyl (C=O) groups is 2. The molecule has 0 aliphatic rings. The summed E-state index contributed by atoms with van der Waals surface area (Å²) in [6.45, 7) is 5.59. The number of amides is 1. The lowest BCUT2D eigenvalue weighted by molar-refractivity contribution is -0.120. The zero-order valence-corrected chi connectivity index (χ0v) is 12.3. The lowest BCUT2D eigenvalue weighted by Crippen LogP contribution is -2.25. The van der Waals surface area contributed by atoms with Crippen LogP contribution in [0.1, 0.15) is 31.1 Å². The van der Waals surface area contributed by atoms with E-state index in [1.165, 1.54) is 12.1 Å². The first-order valence-corrected chi connectivity index (χ1v) is 6.52. The van der Waals surface area contributed by atoms with Crippen LogP contribution in [0.5, 0.6) is 0 Å². The van der Waals surface area contributed by atoms with Crippen LogP contribution in [0.15, 0.2) is 12.1 Å². The maximum atomic E-state index is 12.0. The minimum absolute atomic E-state index is 0.0797. The molecule has 0 spiro atoms. The Hall–Kier alpha value is -1.26. The molecule has 6 heteroatoms. The van der Waals surface area contributed by atoms with E-state index in [0.717, 1.165) is 0 Å². The molecule has 2 N–H and O–H groups in total. The Morgan fingerprint density at radius 2 is 1.79 bits per heavy atom. The molecule has 0 radical (unpaired) electrons. The topological polar surface area (TPSA) is 66.4 Å². The van der Waals surface area contributed by atoms with Crippen LogP contribution in [0, 0.1) is 11.8 Å². The fraction of sp³-hybridized carbons (Fsp3) is 0.385. The maximum Gasteiger partial charge on any atom is 0.337 e. The van der Waals surface area contributed by atoms with Crippen molar-refractivity contribution in [3.05, 3.63) is 27.7 Å². The second-order valence-electron chi connectivity index (χ2n) is 4.64. The van der Waals surface area contributed by atoms with Gasteiger partial charge < -0.3 is 10.4 Å². The van der Waals surface area contributed by atoms with E-state index in [0.29, 0.717) is 0 Å². The summed E-state index contributed by atoms with van der Waals surface area (Å²) in [5.41, 5.74) is -0.0436. The summed E-state index contributed by atoms with van der Waals surface area (Å²) in [6.07, 6.45) is 0. The van der Waals surface area contributed by atoms with Gasteiger partial charge in [-0.2, -0.15) is 0 Å². The lowest BCUT2D eigenvalue weighted by atomic mass is 9.97. The van der Waals surface area contributed by atoms with Crippen LogP contribution in [0.3, 0.4) is 0 Å². The van der Waals surface area contributed by atoms with Crippen LogP contribution in [-0.2, 0) is 4.79 Å². The first kappa shape index (κ1) is 15.8. The third-order valence-electron chi connectivity index (χ3n) is 2.95. The van der Waals surface area contributed by atoms with E-state index in [2.05, 4.69) is 5.32 Å². The van der Waals surface area contributed by atoms with Crippen molar-refractivity contribution in [3.63, 3.8) is 0 Å². The van der Waals surface area contributed by atoms with Gasteiger partial charge in [-0.05, 0) is 18.1 Å². The summed E-state index contributed by atoms with van der Waals surface area (Å²) >= 11 is 11.7. The molecule has 0 fully saturated rings. The van der Waals surface area contributed by atoms with E-state index in [-0.39, 0.29) is 39.0 Å². The Morgan fingerprint density at radius 3 is 2.26 bits per heavy atom. The zero-order chi connectivity index (χ0) is 14.7. The molecule has 1 aromatic rings. The normalized spacial score (nSPS) is 12.3.